The van der Waals surface area contributed by atoms with E-state index in [1.165, 1.54) is 12.1 Å². The van der Waals surface area contributed by atoms with Crippen LogP contribution in [0.1, 0.15) is 18.9 Å². The van der Waals surface area contributed by atoms with Crippen molar-refractivity contribution in [3.63, 3.8) is 0 Å². The van der Waals surface area contributed by atoms with Gasteiger partial charge in [0.25, 0.3) is 10.0 Å². The molecule has 0 aliphatic rings. The van der Waals surface area contributed by atoms with Crippen LogP contribution in [0.2, 0.25) is 0 Å². The highest BCUT2D eigenvalue weighted by molar-refractivity contribution is 7.92. The highest BCUT2D eigenvalue weighted by Gasteiger charge is 2.21. The van der Waals surface area contributed by atoms with Crippen LogP contribution in [0.4, 0.5) is 5.69 Å². The van der Waals surface area contributed by atoms with E-state index in [-0.39, 0.29) is 22.9 Å². The fraction of sp³-hybridized carbons (Fsp3) is 0.150. The maximum atomic E-state index is 12.7. The molecule has 0 radical (unpaired) electrons. The maximum Gasteiger partial charge on any atom is 0.312 e. The van der Waals surface area contributed by atoms with Gasteiger partial charge in [-0.3, -0.25) is 14.1 Å². The Labute approximate surface area is 158 Å². The molecule has 6 nitrogen and oxygen atoms in total. The number of carbonyl (C=O) groups is 1. The van der Waals surface area contributed by atoms with E-state index in [4.69, 9.17) is 4.74 Å². The van der Waals surface area contributed by atoms with Crippen molar-refractivity contribution < 1.29 is 17.9 Å². The van der Waals surface area contributed by atoms with Crippen LogP contribution < -0.4 is 9.46 Å². The number of hydrogen-bond acceptors (Lipinski definition) is 4. The standard InChI is InChI=1S/C20H20N2O4S/c1-3-19(23)26-20-18(13-14-22(20)16-7-5-4-6-8-16)21-27(24,25)17-11-9-15(2)10-12-17/h4-14,21H,3H2,1-2H3. The molecule has 0 unspecified atom stereocenters. The van der Waals surface area contributed by atoms with Crippen molar-refractivity contribution in [2.45, 2.75) is 25.2 Å². The van der Waals surface area contributed by atoms with Gasteiger partial charge in [-0.25, -0.2) is 8.42 Å². The number of nitrogens with zero attached hydrogens (tertiary/aromatic N) is 1. The lowest BCUT2D eigenvalue weighted by atomic mass is 10.2. The number of esters is 1. The van der Waals surface area contributed by atoms with Crippen molar-refractivity contribution in [1.82, 2.24) is 4.57 Å². The summed E-state index contributed by atoms with van der Waals surface area (Å²) < 4.78 is 35.0. The summed E-state index contributed by atoms with van der Waals surface area (Å²) in [5.74, 6) is -0.328. The Hall–Kier alpha value is -3.06. The van der Waals surface area contributed by atoms with Crippen LogP contribution in [0.3, 0.4) is 0 Å². The Kier molecular flexibility index (Phi) is 5.32. The first-order chi connectivity index (χ1) is 12.9. The summed E-state index contributed by atoms with van der Waals surface area (Å²) in [5.41, 5.74) is 1.90. The monoisotopic (exact) mass is 384 g/mol. The second kappa shape index (κ2) is 7.67. The van der Waals surface area contributed by atoms with E-state index < -0.39 is 16.0 Å². The molecule has 0 amide bonds. The van der Waals surface area contributed by atoms with Crippen LogP contribution >= 0.6 is 0 Å². The Balaban J connectivity index is 2.01. The summed E-state index contributed by atoms with van der Waals surface area (Å²) in [7, 11) is -3.82. The number of rotatable bonds is 6. The minimum Gasteiger partial charge on any atom is -0.407 e. The average molecular weight is 384 g/mol. The average Bonchev–Trinajstić information content (AvgIpc) is 3.04. The Morgan fingerprint density at radius 1 is 1.04 bits per heavy atom. The molecule has 0 spiro atoms. The van der Waals surface area contributed by atoms with Crippen LogP contribution in [-0.4, -0.2) is 19.0 Å². The second-order valence-corrected chi connectivity index (χ2v) is 7.67. The van der Waals surface area contributed by atoms with Crippen LogP contribution in [0.15, 0.2) is 71.8 Å². The van der Waals surface area contributed by atoms with E-state index in [9.17, 15) is 13.2 Å². The lowest BCUT2D eigenvalue weighted by Crippen LogP contribution is -2.15. The van der Waals surface area contributed by atoms with Crippen molar-refractivity contribution in [2.24, 2.45) is 0 Å². The normalized spacial score (nSPS) is 11.2. The number of hydrogen-bond donors (Lipinski definition) is 1. The summed E-state index contributed by atoms with van der Waals surface area (Å²) in [6.07, 6.45) is 1.82. The van der Waals surface area contributed by atoms with Gasteiger partial charge in [0.05, 0.1) is 4.90 Å². The van der Waals surface area contributed by atoms with Crippen LogP contribution in [0, 0.1) is 6.92 Å². The minimum absolute atomic E-state index is 0.128. The lowest BCUT2D eigenvalue weighted by molar-refractivity contribution is -0.134. The van der Waals surface area contributed by atoms with E-state index in [2.05, 4.69) is 4.72 Å². The molecule has 3 rings (SSSR count). The molecule has 27 heavy (non-hydrogen) atoms. The van der Waals surface area contributed by atoms with Gasteiger partial charge in [-0.2, -0.15) is 0 Å². The van der Waals surface area contributed by atoms with Gasteiger partial charge < -0.3 is 4.74 Å². The predicted octanol–water partition coefficient (Wildman–Crippen LogP) is 3.90. The minimum atomic E-state index is -3.82. The summed E-state index contributed by atoms with van der Waals surface area (Å²) in [6, 6.07) is 17.3. The molecule has 0 aliphatic carbocycles. The molecule has 140 valence electrons. The zero-order valence-corrected chi connectivity index (χ0v) is 15.9. The van der Waals surface area contributed by atoms with Gasteiger partial charge in [-0.1, -0.05) is 42.8 Å². The first-order valence-corrected chi connectivity index (χ1v) is 9.96. The molecule has 7 heteroatoms. The molecule has 0 saturated carbocycles. The molecule has 1 aromatic heterocycles. The van der Waals surface area contributed by atoms with E-state index >= 15 is 0 Å². The number of ether oxygens (including phenoxy) is 1. The smallest absolute Gasteiger partial charge is 0.312 e. The molecule has 0 fully saturated rings. The Morgan fingerprint density at radius 3 is 2.33 bits per heavy atom. The van der Waals surface area contributed by atoms with Gasteiger partial charge in [0.15, 0.2) is 0 Å². The first-order valence-electron chi connectivity index (χ1n) is 8.47. The number of para-hydroxylation sites is 1. The van der Waals surface area contributed by atoms with E-state index in [1.54, 1.807) is 35.9 Å². The van der Waals surface area contributed by atoms with Crippen molar-refractivity contribution >= 4 is 21.7 Å². The first kappa shape index (κ1) is 18.7. The fourth-order valence-corrected chi connectivity index (χ4v) is 3.55. The number of carbonyl (C=O) groups excluding carboxylic acids is 1. The summed E-state index contributed by atoms with van der Waals surface area (Å²) >= 11 is 0. The molecular weight excluding hydrogens is 364 g/mol. The number of aryl methyl sites for hydroxylation is 1. The molecule has 1 heterocycles. The van der Waals surface area contributed by atoms with Crippen LogP contribution in [0.25, 0.3) is 5.69 Å². The zero-order valence-electron chi connectivity index (χ0n) is 15.0. The molecule has 0 aliphatic heterocycles. The van der Waals surface area contributed by atoms with Gasteiger partial charge >= 0.3 is 5.97 Å². The third-order valence-electron chi connectivity index (χ3n) is 3.95. The van der Waals surface area contributed by atoms with Crippen molar-refractivity contribution in [3.05, 3.63) is 72.4 Å². The van der Waals surface area contributed by atoms with Crippen molar-refractivity contribution in [1.29, 1.82) is 0 Å². The van der Waals surface area contributed by atoms with Gasteiger partial charge in [0.1, 0.15) is 5.69 Å². The number of nitrogens with one attached hydrogen (secondary N) is 1. The van der Waals surface area contributed by atoms with Crippen molar-refractivity contribution in [2.75, 3.05) is 4.72 Å². The lowest BCUT2D eigenvalue weighted by Gasteiger charge is -2.13. The van der Waals surface area contributed by atoms with Gasteiger partial charge in [-0.15, -0.1) is 0 Å². The van der Waals surface area contributed by atoms with Crippen molar-refractivity contribution in [3.8, 4) is 11.6 Å². The van der Waals surface area contributed by atoms with Crippen LogP contribution in [0.5, 0.6) is 5.88 Å². The van der Waals surface area contributed by atoms with Crippen LogP contribution in [-0.2, 0) is 14.8 Å². The predicted molar refractivity (Wildman–Crippen MR) is 104 cm³/mol. The highest BCUT2D eigenvalue weighted by Crippen LogP contribution is 2.31. The Morgan fingerprint density at radius 2 is 1.70 bits per heavy atom. The molecular formula is C20H20N2O4S. The molecule has 0 atom stereocenters. The molecule has 0 saturated heterocycles. The third kappa shape index (κ3) is 4.20. The SMILES string of the molecule is CCC(=O)Oc1c(NS(=O)(=O)c2ccc(C)cc2)ccn1-c1ccccc1. The number of sulfonamides is 1. The van der Waals surface area contributed by atoms with E-state index in [0.717, 1.165) is 11.3 Å². The number of aromatic nitrogens is 1. The van der Waals surface area contributed by atoms with E-state index in [0.29, 0.717) is 0 Å². The summed E-state index contributed by atoms with van der Waals surface area (Å²) in [5, 5.41) is 0. The third-order valence-corrected chi connectivity index (χ3v) is 5.33. The second-order valence-electron chi connectivity index (χ2n) is 5.99. The zero-order chi connectivity index (χ0) is 19.4. The molecule has 0 bridgehead atoms. The summed E-state index contributed by atoms with van der Waals surface area (Å²) in [6.45, 7) is 3.56. The molecule has 1 N–H and O–H groups in total. The highest BCUT2D eigenvalue weighted by atomic mass is 32.2. The number of anilines is 1. The molecule has 2 aromatic carbocycles. The fourth-order valence-electron chi connectivity index (χ4n) is 2.49. The van der Waals surface area contributed by atoms with Gasteiger partial charge in [-0.05, 0) is 37.3 Å². The quantitative estimate of drug-likeness (QED) is 0.654. The number of benzene rings is 2. The van der Waals surface area contributed by atoms with Gasteiger partial charge in [0, 0.05) is 18.3 Å². The maximum absolute atomic E-state index is 12.7. The Bertz CT molecular complexity index is 1040. The largest absolute Gasteiger partial charge is 0.407 e. The van der Waals surface area contributed by atoms with E-state index in [1.807, 2.05) is 37.3 Å². The molecule has 3 aromatic rings. The summed E-state index contributed by atoms with van der Waals surface area (Å²) in [4.78, 5) is 12.0. The van der Waals surface area contributed by atoms with Gasteiger partial charge in [0.2, 0.25) is 5.88 Å². The topological polar surface area (TPSA) is 77.4 Å².